The van der Waals surface area contributed by atoms with Gasteiger partial charge in [-0.15, -0.1) is 11.3 Å². The van der Waals surface area contributed by atoms with Gasteiger partial charge in [-0.1, -0.05) is 12.1 Å². The molecule has 89 valence electrons. The third-order valence-corrected chi connectivity index (χ3v) is 4.05. The first kappa shape index (κ1) is 11.3. The van der Waals surface area contributed by atoms with Crippen molar-refractivity contribution in [3.8, 4) is 16.2 Å². The van der Waals surface area contributed by atoms with Gasteiger partial charge < -0.3 is 4.74 Å². The standard InChI is InChI=1S/C16H13OS/c1-11-3-4-13-10-16(18-15(13)9-11)12-5-7-14(17-2)8-6-12/h3-9H,1-2H3. The molecule has 0 unspecified atom stereocenters. The van der Waals surface area contributed by atoms with Crippen LogP contribution in [0.25, 0.3) is 20.5 Å². The molecule has 1 heterocycles. The third kappa shape index (κ3) is 2.00. The first-order valence-corrected chi connectivity index (χ1v) is 6.65. The summed E-state index contributed by atoms with van der Waals surface area (Å²) in [6.45, 7) is 2.12. The largest absolute Gasteiger partial charge is 0.497 e. The number of benzene rings is 2. The number of thiophene rings is 1. The Bertz CT molecular complexity index is 680. The molecule has 1 nitrogen and oxygen atoms in total. The molecule has 2 aromatic carbocycles. The quantitative estimate of drug-likeness (QED) is 0.644. The summed E-state index contributed by atoms with van der Waals surface area (Å²) in [4.78, 5) is 1.18. The molecule has 0 aliphatic rings. The van der Waals surface area contributed by atoms with Crippen LogP contribution in [0, 0.1) is 13.0 Å². The first-order valence-electron chi connectivity index (χ1n) is 5.83. The van der Waals surface area contributed by atoms with Gasteiger partial charge in [0.2, 0.25) is 0 Å². The van der Waals surface area contributed by atoms with Gasteiger partial charge in [-0.2, -0.15) is 0 Å². The molecule has 2 heteroatoms. The van der Waals surface area contributed by atoms with Crippen LogP contribution in [0.2, 0.25) is 0 Å². The van der Waals surface area contributed by atoms with Gasteiger partial charge in [0.1, 0.15) is 5.75 Å². The lowest BCUT2D eigenvalue weighted by molar-refractivity contribution is 0.415. The average Bonchev–Trinajstić information content (AvgIpc) is 2.81. The van der Waals surface area contributed by atoms with Crippen LogP contribution in [0.5, 0.6) is 5.75 Å². The predicted molar refractivity (Wildman–Crippen MR) is 77.4 cm³/mol. The van der Waals surface area contributed by atoms with Crippen LogP contribution in [0.15, 0.2) is 42.5 Å². The number of aryl methyl sites for hydroxylation is 1. The smallest absolute Gasteiger partial charge is 0.118 e. The molecule has 3 rings (SSSR count). The van der Waals surface area contributed by atoms with Crippen molar-refractivity contribution in [2.45, 2.75) is 6.92 Å². The molecule has 3 aromatic rings. The molecule has 0 saturated heterocycles. The van der Waals surface area contributed by atoms with E-state index in [1.165, 1.54) is 26.1 Å². The fraction of sp³-hybridized carbons (Fsp3) is 0.125. The van der Waals surface area contributed by atoms with Crippen LogP contribution < -0.4 is 4.74 Å². The third-order valence-electron chi connectivity index (χ3n) is 2.95. The van der Waals surface area contributed by atoms with Crippen LogP contribution >= 0.6 is 11.3 Å². The molecule has 0 aliphatic heterocycles. The fourth-order valence-corrected chi connectivity index (χ4v) is 3.06. The van der Waals surface area contributed by atoms with Gasteiger partial charge in [-0.05, 0) is 48.4 Å². The van der Waals surface area contributed by atoms with Crippen molar-refractivity contribution in [1.82, 2.24) is 0 Å². The Labute approximate surface area is 111 Å². The second kappa shape index (κ2) is 4.46. The SMILES string of the molecule is COc1ccc(-c2[c]c3ccc(C)cc3s2)cc1. The molecule has 0 atom stereocenters. The van der Waals surface area contributed by atoms with E-state index < -0.39 is 0 Å². The van der Waals surface area contributed by atoms with E-state index in [1.54, 1.807) is 18.4 Å². The molecule has 1 aromatic heterocycles. The predicted octanol–water partition coefficient (Wildman–Crippen LogP) is 4.69. The minimum absolute atomic E-state index is 0.885. The van der Waals surface area contributed by atoms with Crippen molar-refractivity contribution in [1.29, 1.82) is 0 Å². The van der Waals surface area contributed by atoms with Crippen LogP contribution in [0.1, 0.15) is 5.56 Å². The van der Waals surface area contributed by atoms with Crippen molar-refractivity contribution in [2.24, 2.45) is 0 Å². The highest BCUT2D eigenvalue weighted by Gasteiger charge is 2.05. The van der Waals surface area contributed by atoms with Gasteiger partial charge in [0.05, 0.1) is 7.11 Å². The Kier molecular flexibility index (Phi) is 2.80. The number of hydrogen-bond donors (Lipinski definition) is 0. The summed E-state index contributed by atoms with van der Waals surface area (Å²) in [7, 11) is 1.68. The lowest BCUT2D eigenvalue weighted by Crippen LogP contribution is -1.81. The van der Waals surface area contributed by atoms with E-state index in [0.29, 0.717) is 0 Å². The van der Waals surface area contributed by atoms with Crippen LogP contribution in [0.3, 0.4) is 0 Å². The maximum absolute atomic E-state index is 5.17. The van der Waals surface area contributed by atoms with Crippen molar-refractivity contribution in [3.05, 3.63) is 54.1 Å². The second-order valence-electron chi connectivity index (χ2n) is 4.28. The van der Waals surface area contributed by atoms with Gasteiger partial charge in [-0.3, -0.25) is 0 Å². The topological polar surface area (TPSA) is 9.23 Å². The highest BCUT2D eigenvalue weighted by atomic mass is 32.1. The molecule has 0 fully saturated rings. The normalized spacial score (nSPS) is 10.8. The van der Waals surface area contributed by atoms with Crippen molar-refractivity contribution >= 4 is 21.4 Å². The zero-order valence-corrected chi connectivity index (χ0v) is 11.2. The van der Waals surface area contributed by atoms with Gasteiger partial charge in [0.15, 0.2) is 0 Å². The van der Waals surface area contributed by atoms with E-state index in [2.05, 4.69) is 43.3 Å². The molecule has 18 heavy (non-hydrogen) atoms. The molecule has 0 spiro atoms. The van der Waals surface area contributed by atoms with Crippen LogP contribution in [-0.2, 0) is 0 Å². The van der Waals surface area contributed by atoms with Gasteiger partial charge in [0.25, 0.3) is 0 Å². The summed E-state index contributed by atoms with van der Waals surface area (Å²) < 4.78 is 6.47. The molecule has 0 aliphatic carbocycles. The number of methoxy groups -OCH3 is 1. The highest BCUT2D eigenvalue weighted by Crippen LogP contribution is 2.33. The molecular formula is C16H13OS. The highest BCUT2D eigenvalue weighted by molar-refractivity contribution is 7.22. The molecule has 0 saturated carbocycles. The number of fused-ring (bicyclic) bond motifs is 1. The van der Waals surface area contributed by atoms with Crippen LogP contribution in [0.4, 0.5) is 0 Å². The Hall–Kier alpha value is -1.80. The average molecular weight is 253 g/mol. The lowest BCUT2D eigenvalue weighted by atomic mass is 10.1. The Morgan fingerprint density at radius 2 is 1.83 bits per heavy atom. The molecule has 0 bridgehead atoms. The summed E-state index contributed by atoms with van der Waals surface area (Å²) in [6, 6.07) is 18.0. The van der Waals surface area contributed by atoms with Gasteiger partial charge >= 0.3 is 0 Å². The number of ether oxygens (including phenoxy) is 1. The first-order chi connectivity index (χ1) is 8.76. The van der Waals surface area contributed by atoms with Crippen molar-refractivity contribution in [2.75, 3.05) is 7.11 Å². The van der Waals surface area contributed by atoms with E-state index in [4.69, 9.17) is 4.74 Å². The van der Waals surface area contributed by atoms with Gasteiger partial charge in [0, 0.05) is 21.0 Å². The van der Waals surface area contributed by atoms with E-state index in [-0.39, 0.29) is 0 Å². The summed E-state index contributed by atoms with van der Waals surface area (Å²) >= 11 is 1.78. The Balaban J connectivity index is 2.07. The Morgan fingerprint density at radius 1 is 1.06 bits per heavy atom. The zero-order chi connectivity index (χ0) is 12.5. The number of rotatable bonds is 2. The summed E-state index contributed by atoms with van der Waals surface area (Å²) in [5.41, 5.74) is 2.48. The minimum Gasteiger partial charge on any atom is -0.497 e. The molecule has 0 N–H and O–H groups in total. The van der Waals surface area contributed by atoms with E-state index in [1.807, 2.05) is 12.1 Å². The van der Waals surface area contributed by atoms with E-state index in [0.717, 1.165) is 5.75 Å². The minimum atomic E-state index is 0.885. The lowest BCUT2D eigenvalue weighted by Gasteiger charge is -2.00. The fourth-order valence-electron chi connectivity index (χ4n) is 1.95. The van der Waals surface area contributed by atoms with Gasteiger partial charge in [-0.25, -0.2) is 0 Å². The van der Waals surface area contributed by atoms with Crippen molar-refractivity contribution < 1.29 is 4.74 Å². The zero-order valence-electron chi connectivity index (χ0n) is 10.4. The maximum Gasteiger partial charge on any atom is 0.118 e. The van der Waals surface area contributed by atoms with Crippen molar-refractivity contribution in [3.63, 3.8) is 0 Å². The molecule has 1 radical (unpaired) electrons. The summed E-state index contributed by atoms with van der Waals surface area (Å²) in [6.07, 6.45) is 0. The summed E-state index contributed by atoms with van der Waals surface area (Å²) in [5, 5.41) is 1.19. The Morgan fingerprint density at radius 3 is 2.56 bits per heavy atom. The van der Waals surface area contributed by atoms with Crippen LogP contribution in [-0.4, -0.2) is 7.11 Å². The monoisotopic (exact) mass is 253 g/mol. The van der Waals surface area contributed by atoms with E-state index in [9.17, 15) is 0 Å². The molecule has 0 amide bonds. The molecular weight excluding hydrogens is 240 g/mol. The van der Waals surface area contributed by atoms with E-state index >= 15 is 0 Å². The second-order valence-corrected chi connectivity index (χ2v) is 5.34. The number of hydrogen-bond acceptors (Lipinski definition) is 2. The summed E-state index contributed by atoms with van der Waals surface area (Å²) in [5.74, 6) is 0.885. The maximum atomic E-state index is 5.17.